The van der Waals surface area contributed by atoms with E-state index in [9.17, 15) is 19.2 Å². The van der Waals surface area contributed by atoms with Crippen molar-refractivity contribution >= 4 is 23.9 Å². The number of carbonyl (C=O) groups excluding carboxylic acids is 4. The number of hydrogen-bond acceptors (Lipinski definition) is 6. The maximum atomic E-state index is 12.9. The fraction of sp³-hybridized carbons (Fsp3) is 0.714. The lowest BCUT2D eigenvalue weighted by atomic mass is 10.0. The van der Waals surface area contributed by atoms with Crippen LogP contribution in [0.25, 0.3) is 0 Å². The number of alkyl carbamates (subject to hydrolysis) is 1. The van der Waals surface area contributed by atoms with Crippen molar-refractivity contribution in [1.82, 2.24) is 16.0 Å². The van der Waals surface area contributed by atoms with E-state index in [1.54, 1.807) is 26.8 Å². The Kier molecular flexibility index (Phi) is 11.1. The van der Waals surface area contributed by atoms with Gasteiger partial charge in [0.2, 0.25) is 5.91 Å². The second kappa shape index (κ2) is 12.2. The molecule has 0 saturated carbocycles. The van der Waals surface area contributed by atoms with Crippen molar-refractivity contribution in [3.8, 4) is 0 Å². The molecule has 0 radical (unpaired) electrons. The highest BCUT2D eigenvalue weighted by atomic mass is 16.6. The van der Waals surface area contributed by atoms with E-state index < -0.39 is 41.6 Å². The summed E-state index contributed by atoms with van der Waals surface area (Å²) in [6.45, 7) is 14.1. The van der Waals surface area contributed by atoms with Crippen LogP contribution in [0.4, 0.5) is 4.79 Å². The van der Waals surface area contributed by atoms with Gasteiger partial charge in [-0.2, -0.15) is 0 Å². The van der Waals surface area contributed by atoms with Crippen molar-refractivity contribution in [3.63, 3.8) is 0 Å². The van der Waals surface area contributed by atoms with Gasteiger partial charge in [-0.3, -0.25) is 9.59 Å². The molecule has 0 saturated heterocycles. The minimum Gasteiger partial charge on any atom is -0.467 e. The number of carbonyl (C=O) groups is 4. The molecule has 0 spiro atoms. The van der Waals surface area contributed by atoms with Gasteiger partial charge in [0, 0.05) is 0 Å². The highest BCUT2D eigenvalue weighted by Crippen LogP contribution is 2.10. The van der Waals surface area contributed by atoms with Gasteiger partial charge >= 0.3 is 12.1 Å². The fourth-order valence-electron chi connectivity index (χ4n) is 2.39. The number of ether oxygens (including phenoxy) is 2. The summed E-state index contributed by atoms with van der Waals surface area (Å²) in [6, 6.07) is -1.79. The molecular weight excluding hydrogens is 390 g/mol. The van der Waals surface area contributed by atoms with Crippen LogP contribution in [-0.4, -0.2) is 48.7 Å². The summed E-state index contributed by atoms with van der Waals surface area (Å²) < 4.78 is 9.83. The van der Waals surface area contributed by atoms with Gasteiger partial charge < -0.3 is 25.4 Å². The molecule has 0 bridgehead atoms. The third kappa shape index (κ3) is 11.4. The molecule has 9 heteroatoms. The first kappa shape index (κ1) is 27.4. The lowest BCUT2D eigenvalue weighted by molar-refractivity contribution is -0.144. The molecule has 0 rings (SSSR count). The van der Waals surface area contributed by atoms with Gasteiger partial charge in [0.15, 0.2) is 0 Å². The van der Waals surface area contributed by atoms with Crippen molar-refractivity contribution in [2.24, 2.45) is 11.8 Å². The third-order valence-corrected chi connectivity index (χ3v) is 3.62. The highest BCUT2D eigenvalue weighted by molar-refractivity contribution is 6.00. The van der Waals surface area contributed by atoms with Crippen molar-refractivity contribution in [2.45, 2.75) is 79.5 Å². The van der Waals surface area contributed by atoms with Gasteiger partial charge in [0.25, 0.3) is 5.91 Å². The maximum absolute atomic E-state index is 12.9. The molecule has 0 fully saturated rings. The Balaban J connectivity index is 5.45. The van der Waals surface area contributed by atoms with Crippen LogP contribution < -0.4 is 16.0 Å². The fourth-order valence-corrected chi connectivity index (χ4v) is 2.39. The Labute approximate surface area is 179 Å². The lowest BCUT2D eigenvalue weighted by Crippen LogP contribution is -2.50. The van der Waals surface area contributed by atoms with E-state index in [1.807, 2.05) is 27.7 Å². The average Bonchev–Trinajstić information content (AvgIpc) is 2.57. The van der Waals surface area contributed by atoms with E-state index in [2.05, 4.69) is 20.7 Å². The summed E-state index contributed by atoms with van der Waals surface area (Å²) in [7, 11) is 1.22. The molecule has 30 heavy (non-hydrogen) atoms. The Morgan fingerprint density at radius 3 is 1.97 bits per heavy atom. The molecule has 0 aliphatic rings. The Bertz CT molecular complexity index is 650. The minimum absolute atomic E-state index is 0.00880. The standard InChI is InChI=1S/C21H37N3O6/c1-12(2)10-15(17(25)22-14(5)19(27)29-9)23-18(26)16(11-13(3)4)24-20(28)30-21(6,7)8/h10,12-14,16H,11H2,1-9H3,(H,22,25)(H,23,26)(H,24,28)/b15-10+/t14-,16-/m0/s1. The molecule has 9 nitrogen and oxygen atoms in total. The number of nitrogens with one attached hydrogen (secondary N) is 3. The van der Waals surface area contributed by atoms with Gasteiger partial charge in [-0.25, -0.2) is 9.59 Å². The SMILES string of the molecule is COC(=O)[C@H](C)NC(=O)/C(=C\C(C)C)NC(=O)[C@H](CC(C)C)NC(=O)OC(C)(C)C. The van der Waals surface area contributed by atoms with E-state index in [1.165, 1.54) is 14.0 Å². The van der Waals surface area contributed by atoms with Crippen LogP contribution in [-0.2, 0) is 23.9 Å². The number of amides is 3. The van der Waals surface area contributed by atoms with Crippen LogP contribution >= 0.6 is 0 Å². The first-order valence-electron chi connectivity index (χ1n) is 10.1. The molecule has 0 heterocycles. The lowest BCUT2D eigenvalue weighted by Gasteiger charge is -2.24. The first-order valence-corrected chi connectivity index (χ1v) is 10.1. The molecule has 2 atom stereocenters. The topological polar surface area (TPSA) is 123 Å². The number of hydrogen-bond donors (Lipinski definition) is 3. The zero-order chi connectivity index (χ0) is 23.6. The molecule has 3 amide bonds. The van der Waals surface area contributed by atoms with Crippen LogP contribution in [0.3, 0.4) is 0 Å². The van der Waals surface area contributed by atoms with E-state index in [0.717, 1.165) is 0 Å². The summed E-state index contributed by atoms with van der Waals surface area (Å²) in [5.41, 5.74) is -0.722. The number of methoxy groups -OCH3 is 1. The van der Waals surface area contributed by atoms with E-state index in [0.29, 0.717) is 6.42 Å². The molecule has 172 valence electrons. The second-order valence-corrected chi connectivity index (χ2v) is 8.86. The van der Waals surface area contributed by atoms with Gasteiger partial charge in [0.05, 0.1) is 7.11 Å². The smallest absolute Gasteiger partial charge is 0.408 e. The number of esters is 1. The van der Waals surface area contributed by atoms with E-state index in [-0.39, 0.29) is 17.5 Å². The van der Waals surface area contributed by atoms with Crippen LogP contribution in [0.5, 0.6) is 0 Å². The highest BCUT2D eigenvalue weighted by Gasteiger charge is 2.27. The molecule has 0 aliphatic heterocycles. The predicted octanol–water partition coefficient (Wildman–Crippen LogP) is 2.26. The van der Waals surface area contributed by atoms with Crippen LogP contribution in [0.2, 0.25) is 0 Å². The van der Waals surface area contributed by atoms with Crippen molar-refractivity contribution < 1.29 is 28.7 Å². The molecule has 0 aromatic carbocycles. The molecular formula is C21H37N3O6. The van der Waals surface area contributed by atoms with Gasteiger partial charge in [-0.15, -0.1) is 0 Å². The number of allylic oxidation sites excluding steroid dienone is 1. The molecule has 0 aromatic heterocycles. The van der Waals surface area contributed by atoms with Crippen LogP contribution in [0.1, 0.15) is 61.8 Å². The Hall–Kier alpha value is -2.58. The zero-order valence-corrected chi connectivity index (χ0v) is 19.5. The van der Waals surface area contributed by atoms with Crippen molar-refractivity contribution in [1.29, 1.82) is 0 Å². The quantitative estimate of drug-likeness (QED) is 0.383. The summed E-state index contributed by atoms with van der Waals surface area (Å²) in [5, 5.41) is 7.62. The van der Waals surface area contributed by atoms with Gasteiger partial charge in [-0.1, -0.05) is 33.8 Å². The Morgan fingerprint density at radius 2 is 1.53 bits per heavy atom. The Morgan fingerprint density at radius 1 is 0.967 bits per heavy atom. The van der Waals surface area contributed by atoms with Crippen LogP contribution in [0, 0.1) is 11.8 Å². The maximum Gasteiger partial charge on any atom is 0.408 e. The third-order valence-electron chi connectivity index (χ3n) is 3.62. The normalized spacial score (nSPS) is 14.0. The minimum atomic E-state index is -0.902. The largest absolute Gasteiger partial charge is 0.467 e. The predicted molar refractivity (Wildman–Crippen MR) is 113 cm³/mol. The van der Waals surface area contributed by atoms with E-state index in [4.69, 9.17) is 4.74 Å². The zero-order valence-electron chi connectivity index (χ0n) is 19.5. The summed E-state index contributed by atoms with van der Waals surface area (Å²) in [5.74, 6) is -1.75. The summed E-state index contributed by atoms with van der Waals surface area (Å²) in [4.78, 5) is 49.2. The molecule has 0 aliphatic carbocycles. The monoisotopic (exact) mass is 427 g/mol. The summed E-state index contributed by atoms with van der Waals surface area (Å²) >= 11 is 0. The average molecular weight is 428 g/mol. The summed E-state index contributed by atoms with van der Waals surface area (Å²) in [6.07, 6.45) is 1.19. The van der Waals surface area contributed by atoms with Gasteiger partial charge in [-0.05, 0) is 46.0 Å². The molecule has 0 aromatic rings. The molecule has 0 unspecified atom stereocenters. The first-order chi connectivity index (χ1) is 13.7. The van der Waals surface area contributed by atoms with Crippen molar-refractivity contribution in [3.05, 3.63) is 11.8 Å². The van der Waals surface area contributed by atoms with Crippen molar-refractivity contribution in [2.75, 3.05) is 7.11 Å². The number of rotatable bonds is 9. The van der Waals surface area contributed by atoms with Gasteiger partial charge in [0.1, 0.15) is 23.4 Å². The molecule has 3 N–H and O–H groups in total. The second-order valence-electron chi connectivity index (χ2n) is 8.86. The van der Waals surface area contributed by atoms with Crippen LogP contribution in [0.15, 0.2) is 11.8 Å². The van der Waals surface area contributed by atoms with E-state index >= 15 is 0 Å².